The Morgan fingerprint density at radius 2 is 1.09 bits per heavy atom. The predicted octanol–water partition coefficient (Wildman–Crippen LogP) is 10.5. The van der Waals surface area contributed by atoms with Crippen molar-refractivity contribution in [1.82, 2.24) is 9.97 Å². The summed E-state index contributed by atoms with van der Waals surface area (Å²) in [5.74, 6) is 0.684. The highest BCUT2D eigenvalue weighted by molar-refractivity contribution is 6.19. The monoisotopic (exact) mass is 559 g/mol. The van der Waals surface area contributed by atoms with Crippen LogP contribution in [0.1, 0.15) is 5.56 Å². The van der Waals surface area contributed by atoms with Crippen LogP contribution in [0, 0.1) is 11.3 Å². The minimum atomic E-state index is 0.646. The van der Waals surface area contributed by atoms with Gasteiger partial charge in [-0.2, -0.15) is 5.26 Å². The fourth-order valence-electron chi connectivity index (χ4n) is 6.13. The maximum atomic E-state index is 9.25. The van der Waals surface area contributed by atoms with Crippen LogP contribution in [0.2, 0.25) is 0 Å². The van der Waals surface area contributed by atoms with E-state index in [9.17, 15) is 5.26 Å². The number of nitriles is 1. The van der Waals surface area contributed by atoms with Crippen LogP contribution in [0.3, 0.4) is 0 Å². The first-order valence-electron chi connectivity index (χ1n) is 14.6. The zero-order chi connectivity index (χ0) is 29.5. The van der Waals surface area contributed by atoms with Crippen molar-refractivity contribution in [2.75, 3.05) is 0 Å². The number of hydrogen-bond acceptors (Lipinski definition) is 3. The largest absolute Gasteiger partial charge is 0.228 e. The van der Waals surface area contributed by atoms with E-state index in [1.807, 2.05) is 42.5 Å². The molecule has 0 aliphatic heterocycles. The van der Waals surface area contributed by atoms with Crippen LogP contribution in [-0.2, 0) is 0 Å². The number of hydrogen-bond donors (Lipinski definition) is 0. The first-order valence-corrected chi connectivity index (χ1v) is 14.6. The van der Waals surface area contributed by atoms with Crippen molar-refractivity contribution in [3.63, 3.8) is 0 Å². The molecule has 1 aromatic heterocycles. The third-order valence-corrected chi connectivity index (χ3v) is 8.29. The van der Waals surface area contributed by atoms with Gasteiger partial charge >= 0.3 is 0 Å². The lowest BCUT2D eigenvalue weighted by molar-refractivity contribution is 1.19. The van der Waals surface area contributed by atoms with E-state index in [1.165, 1.54) is 21.5 Å². The van der Waals surface area contributed by atoms with Gasteiger partial charge in [0.2, 0.25) is 0 Å². The van der Waals surface area contributed by atoms with Gasteiger partial charge in [-0.15, -0.1) is 0 Å². The molecule has 0 fully saturated rings. The highest BCUT2D eigenvalue weighted by Gasteiger charge is 2.17. The Balaban J connectivity index is 1.40. The Hall–Kier alpha value is -6.11. The van der Waals surface area contributed by atoms with E-state index in [4.69, 9.17) is 9.97 Å². The molecule has 3 heteroatoms. The summed E-state index contributed by atoms with van der Waals surface area (Å²) in [6.07, 6.45) is 0. The molecule has 204 valence electrons. The van der Waals surface area contributed by atoms with E-state index in [0.29, 0.717) is 11.4 Å². The summed E-state index contributed by atoms with van der Waals surface area (Å²) in [5, 5.41) is 16.4. The minimum Gasteiger partial charge on any atom is -0.228 e. The molecule has 0 aliphatic carbocycles. The molecule has 0 amide bonds. The van der Waals surface area contributed by atoms with Crippen molar-refractivity contribution in [2.24, 2.45) is 0 Å². The highest BCUT2D eigenvalue weighted by atomic mass is 14.9. The van der Waals surface area contributed by atoms with Crippen molar-refractivity contribution in [3.05, 3.63) is 157 Å². The van der Waals surface area contributed by atoms with Crippen LogP contribution in [-0.4, -0.2) is 9.97 Å². The molecule has 1 heterocycles. The van der Waals surface area contributed by atoms with Crippen molar-refractivity contribution in [3.8, 4) is 51.1 Å². The van der Waals surface area contributed by atoms with Crippen LogP contribution >= 0.6 is 0 Å². The SMILES string of the molecule is N#Cc1ccc(-c2cccc(-c3cc(-c4c5ccccc5cc5c4ccc4ccccc45)nc(-c4ccccc4)n3)c2)cc1. The Labute approximate surface area is 255 Å². The lowest BCUT2D eigenvalue weighted by atomic mass is 9.91. The Morgan fingerprint density at radius 1 is 0.409 bits per heavy atom. The molecular weight excluding hydrogens is 534 g/mol. The zero-order valence-electron chi connectivity index (χ0n) is 23.8. The van der Waals surface area contributed by atoms with Gasteiger partial charge in [-0.25, -0.2) is 9.97 Å². The van der Waals surface area contributed by atoms with Gasteiger partial charge in [0.15, 0.2) is 5.82 Å². The molecule has 0 radical (unpaired) electrons. The topological polar surface area (TPSA) is 49.6 Å². The van der Waals surface area contributed by atoms with E-state index in [2.05, 4.69) is 115 Å². The van der Waals surface area contributed by atoms with Crippen LogP contribution in [0.5, 0.6) is 0 Å². The fourth-order valence-corrected chi connectivity index (χ4v) is 6.13. The van der Waals surface area contributed by atoms with Crippen molar-refractivity contribution >= 4 is 32.3 Å². The predicted molar refractivity (Wildman–Crippen MR) is 181 cm³/mol. The third-order valence-electron chi connectivity index (χ3n) is 8.29. The van der Waals surface area contributed by atoms with E-state index < -0.39 is 0 Å². The van der Waals surface area contributed by atoms with Crippen molar-refractivity contribution < 1.29 is 0 Å². The number of benzene rings is 7. The number of rotatable bonds is 4. The van der Waals surface area contributed by atoms with E-state index in [0.717, 1.165) is 50.0 Å². The summed E-state index contributed by atoms with van der Waals surface area (Å²) < 4.78 is 0. The molecule has 8 aromatic rings. The minimum absolute atomic E-state index is 0.646. The molecule has 0 bridgehead atoms. The summed E-state index contributed by atoms with van der Waals surface area (Å²) >= 11 is 0. The van der Waals surface area contributed by atoms with Crippen LogP contribution in [0.15, 0.2) is 152 Å². The van der Waals surface area contributed by atoms with Gasteiger partial charge in [0, 0.05) is 16.7 Å². The molecule has 0 unspecified atom stereocenters. The normalized spacial score (nSPS) is 11.2. The standard InChI is InChI=1S/C41H25N3/c42-26-27-17-19-28(20-18-27)31-13-8-14-33(23-31)38-25-39(44-41(43-38)30-10-2-1-3-11-30)40-35-16-7-5-12-32(35)24-37-34-15-6-4-9-29(34)21-22-36(37)40/h1-25H. The van der Waals surface area contributed by atoms with Gasteiger partial charge in [-0.05, 0) is 73.8 Å². The molecule has 3 nitrogen and oxygen atoms in total. The summed E-state index contributed by atoms with van der Waals surface area (Å²) in [6, 6.07) is 54.5. The maximum absolute atomic E-state index is 9.25. The van der Waals surface area contributed by atoms with Crippen molar-refractivity contribution in [2.45, 2.75) is 0 Å². The van der Waals surface area contributed by atoms with Gasteiger partial charge in [0.25, 0.3) is 0 Å². The van der Waals surface area contributed by atoms with Gasteiger partial charge in [0.1, 0.15) is 0 Å². The molecule has 0 aliphatic rings. The zero-order valence-corrected chi connectivity index (χ0v) is 23.8. The second-order valence-corrected chi connectivity index (χ2v) is 11.0. The molecule has 7 aromatic carbocycles. The summed E-state index contributed by atoms with van der Waals surface area (Å²) in [6.45, 7) is 0. The summed E-state index contributed by atoms with van der Waals surface area (Å²) in [4.78, 5) is 10.4. The average Bonchev–Trinajstić information content (AvgIpc) is 3.11. The van der Waals surface area contributed by atoms with E-state index in [1.54, 1.807) is 0 Å². The van der Waals surface area contributed by atoms with Crippen LogP contribution in [0.25, 0.3) is 77.3 Å². The quantitative estimate of drug-likeness (QED) is 0.159. The lowest BCUT2D eigenvalue weighted by Crippen LogP contribution is -1.97. The molecule has 0 atom stereocenters. The van der Waals surface area contributed by atoms with Crippen LogP contribution < -0.4 is 0 Å². The van der Waals surface area contributed by atoms with Crippen LogP contribution in [0.4, 0.5) is 0 Å². The summed E-state index contributed by atoms with van der Waals surface area (Å²) in [5.41, 5.74) is 7.57. The first kappa shape index (κ1) is 25.6. The summed E-state index contributed by atoms with van der Waals surface area (Å²) in [7, 11) is 0. The van der Waals surface area contributed by atoms with E-state index in [-0.39, 0.29) is 0 Å². The van der Waals surface area contributed by atoms with E-state index >= 15 is 0 Å². The van der Waals surface area contributed by atoms with Gasteiger partial charge in [-0.1, -0.05) is 121 Å². The molecule has 8 rings (SSSR count). The fraction of sp³-hybridized carbons (Fsp3) is 0. The number of nitrogens with zero attached hydrogens (tertiary/aromatic N) is 3. The number of fused-ring (bicyclic) bond motifs is 4. The number of aromatic nitrogens is 2. The average molecular weight is 560 g/mol. The maximum Gasteiger partial charge on any atom is 0.160 e. The first-order chi connectivity index (χ1) is 21.7. The van der Waals surface area contributed by atoms with Gasteiger partial charge in [-0.3, -0.25) is 0 Å². The molecule has 0 N–H and O–H groups in total. The highest BCUT2D eigenvalue weighted by Crippen LogP contribution is 2.40. The Morgan fingerprint density at radius 3 is 1.91 bits per heavy atom. The van der Waals surface area contributed by atoms with Gasteiger partial charge < -0.3 is 0 Å². The van der Waals surface area contributed by atoms with Crippen molar-refractivity contribution in [1.29, 1.82) is 5.26 Å². The second kappa shape index (κ2) is 10.6. The Kier molecular flexibility index (Phi) is 6.18. The molecular formula is C41H25N3. The molecule has 0 spiro atoms. The molecule has 0 saturated heterocycles. The molecule has 44 heavy (non-hydrogen) atoms. The second-order valence-electron chi connectivity index (χ2n) is 11.0. The third kappa shape index (κ3) is 4.47. The van der Waals surface area contributed by atoms with Gasteiger partial charge in [0.05, 0.1) is 23.0 Å². The Bertz CT molecular complexity index is 2380. The molecule has 0 saturated carbocycles. The smallest absolute Gasteiger partial charge is 0.160 e. The lowest BCUT2D eigenvalue weighted by Gasteiger charge is -2.15.